The largest absolute Gasteiger partial charge is 0.330 e. The van der Waals surface area contributed by atoms with Crippen molar-refractivity contribution in [1.82, 2.24) is 4.90 Å². The smallest absolute Gasteiger partial charge is 0.0493 e. The average molecular weight is 289 g/mol. The van der Waals surface area contributed by atoms with Crippen molar-refractivity contribution in [2.24, 2.45) is 11.7 Å². The highest BCUT2D eigenvalue weighted by molar-refractivity contribution is 9.10. The standard InChI is InChI=1S/C11H17BrN2S/c1-2-14-5-3-8(7-13)10(14)11-9(12)4-6-15-11/h4,6,8,10H,2-3,5,7,13H2,1H3. The molecule has 1 aromatic heterocycles. The van der Waals surface area contributed by atoms with E-state index < -0.39 is 0 Å². The Balaban J connectivity index is 2.27. The first-order valence-corrected chi connectivity index (χ1v) is 7.12. The van der Waals surface area contributed by atoms with Crippen molar-refractivity contribution in [2.75, 3.05) is 19.6 Å². The third-order valence-electron chi connectivity index (χ3n) is 3.25. The molecule has 1 aliphatic heterocycles. The van der Waals surface area contributed by atoms with Gasteiger partial charge in [0.2, 0.25) is 0 Å². The van der Waals surface area contributed by atoms with Crippen molar-refractivity contribution < 1.29 is 0 Å². The normalized spacial score (nSPS) is 27.4. The number of rotatable bonds is 3. The van der Waals surface area contributed by atoms with Crippen LogP contribution in [-0.4, -0.2) is 24.5 Å². The van der Waals surface area contributed by atoms with Crippen molar-refractivity contribution in [2.45, 2.75) is 19.4 Å². The van der Waals surface area contributed by atoms with Gasteiger partial charge in [0, 0.05) is 15.4 Å². The summed E-state index contributed by atoms with van der Waals surface area (Å²) in [6, 6.07) is 2.68. The second kappa shape index (κ2) is 4.95. The lowest BCUT2D eigenvalue weighted by atomic mass is 9.99. The van der Waals surface area contributed by atoms with Gasteiger partial charge >= 0.3 is 0 Å². The monoisotopic (exact) mass is 288 g/mol. The molecule has 0 amide bonds. The molecule has 2 atom stereocenters. The zero-order valence-electron chi connectivity index (χ0n) is 8.95. The molecule has 2 rings (SSSR count). The van der Waals surface area contributed by atoms with Crippen LogP contribution in [0.25, 0.3) is 0 Å². The number of thiophene rings is 1. The lowest BCUT2D eigenvalue weighted by molar-refractivity contribution is 0.245. The molecule has 2 nitrogen and oxygen atoms in total. The molecule has 0 spiro atoms. The van der Waals surface area contributed by atoms with Crippen LogP contribution in [-0.2, 0) is 0 Å². The van der Waals surface area contributed by atoms with Gasteiger partial charge in [0.25, 0.3) is 0 Å². The third-order valence-corrected chi connectivity index (χ3v) is 5.19. The van der Waals surface area contributed by atoms with Gasteiger partial charge in [-0.15, -0.1) is 11.3 Å². The molecule has 2 N–H and O–H groups in total. The van der Waals surface area contributed by atoms with Crippen LogP contribution in [0.3, 0.4) is 0 Å². The van der Waals surface area contributed by atoms with E-state index >= 15 is 0 Å². The predicted octanol–water partition coefficient (Wildman–Crippen LogP) is 2.85. The molecule has 0 aromatic carbocycles. The van der Waals surface area contributed by atoms with Crippen molar-refractivity contribution in [3.8, 4) is 0 Å². The Morgan fingerprint density at radius 2 is 2.47 bits per heavy atom. The van der Waals surface area contributed by atoms with Gasteiger partial charge in [-0.05, 0) is 59.3 Å². The summed E-state index contributed by atoms with van der Waals surface area (Å²) < 4.78 is 1.25. The lowest BCUT2D eigenvalue weighted by Gasteiger charge is -2.26. The van der Waals surface area contributed by atoms with E-state index in [9.17, 15) is 0 Å². The van der Waals surface area contributed by atoms with Gasteiger partial charge in [-0.2, -0.15) is 0 Å². The Kier molecular flexibility index (Phi) is 3.83. The van der Waals surface area contributed by atoms with Crippen molar-refractivity contribution in [3.63, 3.8) is 0 Å². The van der Waals surface area contributed by atoms with Gasteiger partial charge in [-0.1, -0.05) is 6.92 Å². The molecular weight excluding hydrogens is 272 g/mol. The van der Waals surface area contributed by atoms with Gasteiger partial charge in [0.15, 0.2) is 0 Å². The zero-order valence-corrected chi connectivity index (χ0v) is 11.4. The maximum absolute atomic E-state index is 5.86. The minimum Gasteiger partial charge on any atom is -0.330 e. The van der Waals surface area contributed by atoms with Crippen LogP contribution >= 0.6 is 27.3 Å². The Labute approximate surface area is 104 Å². The van der Waals surface area contributed by atoms with E-state index in [0.717, 1.165) is 13.1 Å². The minimum atomic E-state index is 0.536. The summed E-state index contributed by atoms with van der Waals surface area (Å²) in [5.74, 6) is 0.625. The van der Waals surface area contributed by atoms with E-state index in [1.165, 1.54) is 22.3 Å². The van der Waals surface area contributed by atoms with Crippen molar-refractivity contribution in [3.05, 3.63) is 20.8 Å². The Bertz CT molecular complexity index is 314. The van der Waals surface area contributed by atoms with Gasteiger partial charge in [0.1, 0.15) is 0 Å². The molecule has 2 unspecified atom stereocenters. The maximum atomic E-state index is 5.86. The highest BCUT2D eigenvalue weighted by Crippen LogP contribution is 2.42. The quantitative estimate of drug-likeness (QED) is 0.927. The molecule has 1 aliphatic rings. The minimum absolute atomic E-state index is 0.536. The Morgan fingerprint density at radius 3 is 3.00 bits per heavy atom. The third kappa shape index (κ3) is 2.13. The molecule has 1 aromatic rings. The number of hydrogen-bond donors (Lipinski definition) is 1. The van der Waals surface area contributed by atoms with E-state index in [1.54, 1.807) is 0 Å². The van der Waals surface area contributed by atoms with Crippen LogP contribution in [0.5, 0.6) is 0 Å². The predicted molar refractivity (Wildman–Crippen MR) is 69.2 cm³/mol. The number of halogens is 1. The van der Waals surface area contributed by atoms with E-state index in [0.29, 0.717) is 12.0 Å². The fourth-order valence-electron chi connectivity index (χ4n) is 2.42. The molecule has 0 radical (unpaired) electrons. The van der Waals surface area contributed by atoms with E-state index in [-0.39, 0.29) is 0 Å². The SMILES string of the molecule is CCN1CCC(CN)C1c1sccc1Br. The molecule has 4 heteroatoms. The summed E-state index contributed by atoms with van der Waals surface area (Å²) in [5.41, 5.74) is 5.86. The van der Waals surface area contributed by atoms with Crippen molar-refractivity contribution in [1.29, 1.82) is 0 Å². The summed E-state index contributed by atoms with van der Waals surface area (Å²) >= 11 is 5.47. The molecule has 15 heavy (non-hydrogen) atoms. The van der Waals surface area contributed by atoms with E-state index in [1.807, 2.05) is 11.3 Å². The van der Waals surface area contributed by atoms with Gasteiger partial charge < -0.3 is 5.73 Å². The number of likely N-dealkylation sites (tertiary alicyclic amines) is 1. The lowest BCUT2D eigenvalue weighted by Crippen LogP contribution is -2.27. The van der Waals surface area contributed by atoms with E-state index in [2.05, 4.69) is 39.2 Å². The topological polar surface area (TPSA) is 29.3 Å². The van der Waals surface area contributed by atoms with Crippen LogP contribution in [0, 0.1) is 5.92 Å². The molecule has 2 heterocycles. The second-order valence-corrected chi connectivity index (χ2v) is 5.79. The first-order valence-electron chi connectivity index (χ1n) is 5.45. The first kappa shape index (κ1) is 11.6. The van der Waals surface area contributed by atoms with Crippen LogP contribution in [0.2, 0.25) is 0 Å². The van der Waals surface area contributed by atoms with Gasteiger partial charge in [0.05, 0.1) is 0 Å². The van der Waals surface area contributed by atoms with Crippen molar-refractivity contribution >= 4 is 27.3 Å². The van der Waals surface area contributed by atoms with Crippen LogP contribution in [0.15, 0.2) is 15.9 Å². The van der Waals surface area contributed by atoms with E-state index in [4.69, 9.17) is 5.73 Å². The van der Waals surface area contributed by atoms with Crippen LogP contribution in [0.4, 0.5) is 0 Å². The molecule has 84 valence electrons. The molecule has 0 bridgehead atoms. The van der Waals surface area contributed by atoms with Gasteiger partial charge in [-0.25, -0.2) is 0 Å². The fourth-order valence-corrected chi connectivity index (χ4v) is 4.26. The molecular formula is C11H17BrN2S. The Hall–Kier alpha value is 0.100. The maximum Gasteiger partial charge on any atom is 0.0493 e. The van der Waals surface area contributed by atoms with Gasteiger partial charge in [-0.3, -0.25) is 4.90 Å². The summed E-state index contributed by atoms with van der Waals surface area (Å²) in [4.78, 5) is 3.98. The molecule has 0 saturated carbocycles. The van der Waals surface area contributed by atoms with Crippen LogP contribution in [0.1, 0.15) is 24.3 Å². The molecule has 1 fully saturated rings. The summed E-state index contributed by atoms with van der Waals surface area (Å²) in [6.07, 6.45) is 1.24. The molecule has 1 saturated heterocycles. The number of hydrogen-bond acceptors (Lipinski definition) is 3. The van der Waals surface area contributed by atoms with Crippen LogP contribution < -0.4 is 5.73 Å². The average Bonchev–Trinajstić information content (AvgIpc) is 2.82. The first-order chi connectivity index (χ1) is 7.27. The molecule has 0 aliphatic carbocycles. The number of nitrogens with two attached hydrogens (primary N) is 1. The highest BCUT2D eigenvalue weighted by atomic mass is 79.9. The zero-order chi connectivity index (χ0) is 10.8. The second-order valence-electron chi connectivity index (χ2n) is 3.99. The number of nitrogens with zero attached hydrogens (tertiary/aromatic N) is 1. The Morgan fingerprint density at radius 1 is 1.67 bits per heavy atom. The summed E-state index contributed by atoms with van der Waals surface area (Å²) in [7, 11) is 0. The highest BCUT2D eigenvalue weighted by Gasteiger charge is 2.35. The summed E-state index contributed by atoms with van der Waals surface area (Å²) in [6.45, 7) is 5.33. The summed E-state index contributed by atoms with van der Waals surface area (Å²) in [5, 5.41) is 2.15. The fraction of sp³-hybridized carbons (Fsp3) is 0.636.